The highest BCUT2D eigenvalue weighted by Gasteiger charge is 2.02. The van der Waals surface area contributed by atoms with Gasteiger partial charge < -0.3 is 15.8 Å². The lowest BCUT2D eigenvalue weighted by molar-refractivity contribution is -0.118. The number of nitrogens with one attached hydrogen (secondary N) is 1. The van der Waals surface area contributed by atoms with Crippen LogP contribution in [0, 0.1) is 0 Å². The van der Waals surface area contributed by atoms with Crippen LogP contribution in [0.4, 0.5) is 0 Å². The Hall–Kier alpha value is -1.20. The van der Waals surface area contributed by atoms with Gasteiger partial charge in [-0.25, -0.2) is 0 Å². The van der Waals surface area contributed by atoms with E-state index in [1.807, 2.05) is 24.3 Å². The highest BCUT2D eigenvalue weighted by molar-refractivity contribution is 8.00. The number of ether oxygens (including phenoxy) is 1. The first-order chi connectivity index (χ1) is 8.76. The van der Waals surface area contributed by atoms with Gasteiger partial charge in [0, 0.05) is 11.4 Å². The molecule has 0 unspecified atom stereocenters. The molecule has 1 aromatic rings. The van der Waals surface area contributed by atoms with Gasteiger partial charge in [-0.2, -0.15) is 0 Å². The monoisotopic (exact) mass is 268 g/mol. The van der Waals surface area contributed by atoms with Crippen LogP contribution in [0.1, 0.15) is 12.8 Å². The summed E-state index contributed by atoms with van der Waals surface area (Å²) in [7, 11) is 1.64. The molecular formula is C13H20N2O2S. The zero-order valence-corrected chi connectivity index (χ0v) is 11.5. The van der Waals surface area contributed by atoms with Gasteiger partial charge in [0.15, 0.2) is 0 Å². The predicted octanol–water partition coefficient (Wildman–Crippen LogP) is 1.64. The lowest BCUT2D eigenvalue weighted by atomic mass is 10.3. The van der Waals surface area contributed by atoms with Crippen molar-refractivity contribution in [2.45, 2.75) is 17.7 Å². The fourth-order valence-electron chi connectivity index (χ4n) is 1.37. The van der Waals surface area contributed by atoms with Gasteiger partial charge in [0.2, 0.25) is 5.91 Å². The molecule has 0 aliphatic heterocycles. The molecule has 5 heteroatoms. The summed E-state index contributed by atoms with van der Waals surface area (Å²) >= 11 is 1.52. The zero-order chi connectivity index (χ0) is 13.2. The number of methoxy groups -OCH3 is 1. The van der Waals surface area contributed by atoms with E-state index in [1.54, 1.807) is 7.11 Å². The summed E-state index contributed by atoms with van der Waals surface area (Å²) in [6.45, 7) is 1.38. The molecule has 1 amide bonds. The van der Waals surface area contributed by atoms with Crippen LogP contribution in [0.15, 0.2) is 29.2 Å². The minimum absolute atomic E-state index is 0.0628. The molecule has 0 atom stereocenters. The largest absolute Gasteiger partial charge is 0.497 e. The number of hydrogen-bond acceptors (Lipinski definition) is 4. The van der Waals surface area contributed by atoms with Gasteiger partial charge in [0.1, 0.15) is 5.75 Å². The molecule has 3 N–H and O–H groups in total. The number of nitrogens with two attached hydrogens (primary N) is 1. The molecule has 0 bridgehead atoms. The van der Waals surface area contributed by atoms with Crippen molar-refractivity contribution in [1.82, 2.24) is 5.32 Å². The molecule has 100 valence electrons. The smallest absolute Gasteiger partial charge is 0.230 e. The average molecular weight is 268 g/mol. The van der Waals surface area contributed by atoms with E-state index in [0.717, 1.165) is 23.5 Å². The van der Waals surface area contributed by atoms with Gasteiger partial charge >= 0.3 is 0 Å². The number of rotatable bonds is 8. The third-order valence-corrected chi connectivity index (χ3v) is 3.39. The van der Waals surface area contributed by atoms with Crippen LogP contribution in [0.5, 0.6) is 5.75 Å². The van der Waals surface area contributed by atoms with Crippen molar-refractivity contribution in [3.8, 4) is 5.75 Å². The predicted molar refractivity (Wildman–Crippen MR) is 75.0 cm³/mol. The molecule has 0 aromatic heterocycles. The second-order valence-corrected chi connectivity index (χ2v) is 4.86. The molecule has 1 rings (SSSR count). The van der Waals surface area contributed by atoms with E-state index in [2.05, 4.69) is 5.32 Å². The first kappa shape index (κ1) is 14.9. The molecule has 0 saturated heterocycles. The van der Waals surface area contributed by atoms with E-state index >= 15 is 0 Å². The molecule has 18 heavy (non-hydrogen) atoms. The molecule has 0 aliphatic rings. The van der Waals surface area contributed by atoms with Gasteiger partial charge in [-0.15, -0.1) is 11.8 Å². The Bertz CT molecular complexity index is 355. The maximum atomic E-state index is 11.5. The zero-order valence-electron chi connectivity index (χ0n) is 10.6. The van der Waals surface area contributed by atoms with Gasteiger partial charge in [-0.05, 0) is 43.7 Å². The Balaban J connectivity index is 2.20. The highest BCUT2D eigenvalue weighted by atomic mass is 32.2. The van der Waals surface area contributed by atoms with Crippen LogP contribution >= 0.6 is 11.8 Å². The third-order valence-electron chi connectivity index (χ3n) is 2.38. The molecule has 0 spiro atoms. The van der Waals surface area contributed by atoms with Crippen molar-refractivity contribution in [3.05, 3.63) is 24.3 Å². The van der Waals surface area contributed by atoms with Crippen LogP contribution in [0.25, 0.3) is 0 Å². The molecular weight excluding hydrogens is 248 g/mol. The van der Waals surface area contributed by atoms with Crippen molar-refractivity contribution in [2.75, 3.05) is 26.0 Å². The first-order valence-electron chi connectivity index (χ1n) is 6.00. The van der Waals surface area contributed by atoms with Gasteiger partial charge in [-0.3, -0.25) is 4.79 Å². The second kappa shape index (κ2) is 8.83. The van der Waals surface area contributed by atoms with Crippen LogP contribution in [-0.2, 0) is 4.79 Å². The number of carbonyl (C=O) groups excluding carboxylic acids is 1. The molecule has 0 fully saturated rings. The Morgan fingerprint density at radius 3 is 2.67 bits per heavy atom. The molecule has 0 saturated carbocycles. The average Bonchev–Trinajstić information content (AvgIpc) is 2.42. The Kier molecular flexibility index (Phi) is 7.29. The maximum absolute atomic E-state index is 11.5. The van der Waals surface area contributed by atoms with Crippen molar-refractivity contribution >= 4 is 17.7 Å². The van der Waals surface area contributed by atoms with Crippen molar-refractivity contribution in [2.24, 2.45) is 5.73 Å². The first-order valence-corrected chi connectivity index (χ1v) is 6.98. The summed E-state index contributed by atoms with van der Waals surface area (Å²) in [6.07, 6.45) is 1.89. The molecule has 1 aromatic carbocycles. The Morgan fingerprint density at radius 1 is 1.33 bits per heavy atom. The number of hydrogen-bond donors (Lipinski definition) is 2. The van der Waals surface area contributed by atoms with E-state index in [9.17, 15) is 4.79 Å². The van der Waals surface area contributed by atoms with Gasteiger partial charge in [0.05, 0.1) is 12.9 Å². The number of carbonyl (C=O) groups is 1. The molecule has 0 heterocycles. The van der Waals surface area contributed by atoms with E-state index in [4.69, 9.17) is 10.5 Å². The topological polar surface area (TPSA) is 64.3 Å². The van der Waals surface area contributed by atoms with E-state index in [1.165, 1.54) is 11.8 Å². The quantitative estimate of drug-likeness (QED) is 0.556. The fraction of sp³-hybridized carbons (Fsp3) is 0.462. The minimum atomic E-state index is 0.0628. The second-order valence-electron chi connectivity index (χ2n) is 3.81. The lowest BCUT2D eigenvalue weighted by Gasteiger charge is -2.05. The number of unbranched alkanes of at least 4 members (excludes halogenated alkanes) is 1. The Labute approximate surface area is 112 Å². The summed E-state index contributed by atoms with van der Waals surface area (Å²) < 4.78 is 5.07. The minimum Gasteiger partial charge on any atom is -0.497 e. The summed E-state index contributed by atoms with van der Waals surface area (Å²) in [6, 6.07) is 7.68. The summed E-state index contributed by atoms with van der Waals surface area (Å²) in [4.78, 5) is 12.6. The summed E-state index contributed by atoms with van der Waals surface area (Å²) in [5.41, 5.74) is 5.38. The van der Waals surface area contributed by atoms with E-state index in [-0.39, 0.29) is 5.91 Å². The third kappa shape index (κ3) is 5.93. The SMILES string of the molecule is COc1ccc(SCC(=O)NCCCCN)cc1. The number of thioether (sulfide) groups is 1. The van der Waals surface area contributed by atoms with Gasteiger partial charge in [0.25, 0.3) is 0 Å². The molecule has 0 aliphatic carbocycles. The summed E-state index contributed by atoms with van der Waals surface area (Å²) in [5, 5.41) is 2.87. The Morgan fingerprint density at radius 2 is 2.06 bits per heavy atom. The van der Waals surface area contributed by atoms with Crippen LogP contribution < -0.4 is 15.8 Å². The van der Waals surface area contributed by atoms with Crippen LogP contribution in [0.2, 0.25) is 0 Å². The van der Waals surface area contributed by atoms with Crippen molar-refractivity contribution in [3.63, 3.8) is 0 Å². The number of benzene rings is 1. The molecule has 0 radical (unpaired) electrons. The molecule has 4 nitrogen and oxygen atoms in total. The van der Waals surface area contributed by atoms with Crippen molar-refractivity contribution in [1.29, 1.82) is 0 Å². The van der Waals surface area contributed by atoms with Crippen molar-refractivity contribution < 1.29 is 9.53 Å². The normalized spacial score (nSPS) is 10.1. The van der Waals surface area contributed by atoms with Crippen LogP contribution in [-0.4, -0.2) is 31.9 Å². The van der Waals surface area contributed by atoms with Gasteiger partial charge in [-0.1, -0.05) is 0 Å². The highest BCUT2D eigenvalue weighted by Crippen LogP contribution is 2.20. The number of amides is 1. The standard InChI is InChI=1S/C13H20N2O2S/c1-17-11-4-6-12(7-5-11)18-10-13(16)15-9-3-2-8-14/h4-7H,2-3,8-10,14H2,1H3,(H,15,16). The fourth-order valence-corrected chi connectivity index (χ4v) is 2.10. The van der Waals surface area contributed by atoms with E-state index in [0.29, 0.717) is 18.8 Å². The van der Waals surface area contributed by atoms with Crippen LogP contribution in [0.3, 0.4) is 0 Å². The van der Waals surface area contributed by atoms with E-state index < -0.39 is 0 Å². The maximum Gasteiger partial charge on any atom is 0.230 e. The summed E-state index contributed by atoms with van der Waals surface area (Å²) in [5.74, 6) is 1.33. The lowest BCUT2D eigenvalue weighted by Crippen LogP contribution is -2.26.